The summed E-state index contributed by atoms with van der Waals surface area (Å²) in [5.41, 5.74) is 0.619. The summed E-state index contributed by atoms with van der Waals surface area (Å²) < 4.78 is 0. The highest BCUT2D eigenvalue weighted by molar-refractivity contribution is 6.45. The first kappa shape index (κ1) is 12.4. The molecule has 0 fully saturated rings. The van der Waals surface area contributed by atoms with Crippen LogP contribution >= 0.6 is 0 Å². The van der Waals surface area contributed by atoms with Gasteiger partial charge in [0.2, 0.25) is 5.78 Å². The molecular weight excluding hydrogens is 250 g/mol. The second kappa shape index (κ2) is 4.78. The molecule has 3 heteroatoms. The van der Waals surface area contributed by atoms with Gasteiger partial charge in [0.15, 0.2) is 0 Å². The van der Waals surface area contributed by atoms with E-state index in [4.69, 9.17) is 5.21 Å². The first-order valence-corrected chi connectivity index (χ1v) is 6.35. The molecule has 0 aromatic heterocycles. The van der Waals surface area contributed by atoms with Crippen LogP contribution < -0.4 is 0 Å². The van der Waals surface area contributed by atoms with Crippen LogP contribution in [0.15, 0.2) is 59.8 Å². The highest BCUT2D eigenvalue weighted by Gasteiger charge is 2.11. The second-order valence-corrected chi connectivity index (χ2v) is 4.74. The lowest BCUT2D eigenvalue weighted by Gasteiger charge is -2.06. The Morgan fingerprint density at radius 2 is 1.60 bits per heavy atom. The van der Waals surface area contributed by atoms with Gasteiger partial charge in [0.05, 0.1) is 0 Å². The second-order valence-electron chi connectivity index (χ2n) is 4.74. The molecule has 3 aromatic carbocycles. The minimum atomic E-state index is -0.262. The molecule has 20 heavy (non-hydrogen) atoms. The molecule has 0 saturated carbocycles. The summed E-state index contributed by atoms with van der Waals surface area (Å²) in [5.74, 6) is -0.262. The molecule has 0 saturated heterocycles. The Bertz CT molecular complexity index is 850. The predicted molar refractivity (Wildman–Crippen MR) is 80.7 cm³/mol. The summed E-state index contributed by atoms with van der Waals surface area (Å²) >= 11 is 0. The number of Topliss-reactive ketones (excluding diaryl/α,β-unsaturated/α-hetero) is 1. The van der Waals surface area contributed by atoms with Crippen molar-refractivity contribution in [2.45, 2.75) is 6.92 Å². The number of nitrogens with zero attached hydrogens (tertiary/aromatic N) is 1. The number of ketones is 1. The van der Waals surface area contributed by atoms with Crippen molar-refractivity contribution >= 4 is 33.0 Å². The third-order valence-electron chi connectivity index (χ3n) is 3.49. The lowest BCUT2D eigenvalue weighted by atomic mass is 9.98. The largest absolute Gasteiger partial charge is 0.411 e. The maximum absolute atomic E-state index is 12.1. The zero-order valence-electron chi connectivity index (χ0n) is 11.0. The zero-order chi connectivity index (χ0) is 14.1. The van der Waals surface area contributed by atoms with Gasteiger partial charge in [-0.15, -0.1) is 0 Å². The van der Waals surface area contributed by atoms with Crippen molar-refractivity contribution in [3.63, 3.8) is 0 Å². The van der Waals surface area contributed by atoms with Gasteiger partial charge in [-0.05, 0) is 34.5 Å². The minimum absolute atomic E-state index is 0.0876. The number of fused-ring (bicyclic) bond motifs is 3. The molecule has 0 amide bonds. The van der Waals surface area contributed by atoms with Crippen LogP contribution in [0.3, 0.4) is 0 Å². The lowest BCUT2D eigenvalue weighted by molar-refractivity contribution is 0.106. The third-order valence-corrected chi connectivity index (χ3v) is 3.49. The Morgan fingerprint density at radius 3 is 2.35 bits per heavy atom. The molecule has 3 aromatic rings. The molecule has 0 bridgehead atoms. The molecule has 1 N–H and O–H groups in total. The molecule has 0 radical (unpaired) electrons. The third kappa shape index (κ3) is 1.93. The van der Waals surface area contributed by atoms with Crippen LogP contribution in [-0.2, 0) is 0 Å². The first-order chi connectivity index (χ1) is 9.70. The van der Waals surface area contributed by atoms with Crippen molar-refractivity contribution in [1.82, 2.24) is 0 Å². The molecule has 0 aliphatic heterocycles. The van der Waals surface area contributed by atoms with E-state index in [2.05, 4.69) is 11.2 Å². The van der Waals surface area contributed by atoms with Crippen LogP contribution in [0, 0.1) is 0 Å². The Hall–Kier alpha value is -2.68. The van der Waals surface area contributed by atoms with Crippen LogP contribution in [0.5, 0.6) is 0 Å². The van der Waals surface area contributed by atoms with E-state index in [0.717, 1.165) is 21.5 Å². The van der Waals surface area contributed by atoms with Gasteiger partial charge in [-0.1, -0.05) is 53.7 Å². The molecule has 0 unspecified atom stereocenters. The molecule has 0 spiro atoms. The van der Waals surface area contributed by atoms with Gasteiger partial charge in [-0.3, -0.25) is 4.79 Å². The van der Waals surface area contributed by atoms with Crippen molar-refractivity contribution in [3.05, 3.63) is 60.2 Å². The van der Waals surface area contributed by atoms with Gasteiger partial charge >= 0.3 is 0 Å². The average Bonchev–Trinajstić information content (AvgIpc) is 2.52. The van der Waals surface area contributed by atoms with Crippen LogP contribution in [0.1, 0.15) is 17.3 Å². The van der Waals surface area contributed by atoms with Gasteiger partial charge < -0.3 is 5.21 Å². The number of rotatable bonds is 2. The van der Waals surface area contributed by atoms with Gasteiger partial charge in [0.25, 0.3) is 0 Å². The fourth-order valence-electron chi connectivity index (χ4n) is 2.40. The van der Waals surface area contributed by atoms with E-state index in [9.17, 15) is 4.79 Å². The van der Waals surface area contributed by atoms with Crippen molar-refractivity contribution in [2.75, 3.05) is 0 Å². The lowest BCUT2D eigenvalue weighted by Crippen LogP contribution is -2.10. The number of carbonyl (C=O) groups is 1. The van der Waals surface area contributed by atoms with Crippen LogP contribution in [0.4, 0.5) is 0 Å². The highest BCUT2D eigenvalue weighted by atomic mass is 16.4. The van der Waals surface area contributed by atoms with E-state index in [1.165, 1.54) is 6.92 Å². The molecule has 0 aliphatic rings. The van der Waals surface area contributed by atoms with Crippen molar-refractivity contribution in [2.24, 2.45) is 5.16 Å². The summed E-state index contributed by atoms with van der Waals surface area (Å²) in [7, 11) is 0. The van der Waals surface area contributed by atoms with Crippen molar-refractivity contribution < 1.29 is 10.0 Å². The standard InChI is InChI=1S/C17H13NO2/c1-11(18-20)17(19)14-9-8-13-7-6-12-4-2-3-5-15(12)16(13)10-14/h2-10,20H,1H3. The van der Waals surface area contributed by atoms with Gasteiger partial charge in [-0.2, -0.15) is 0 Å². The van der Waals surface area contributed by atoms with Crippen LogP contribution in [-0.4, -0.2) is 16.7 Å². The topological polar surface area (TPSA) is 49.7 Å². The molecule has 0 atom stereocenters. The van der Waals surface area contributed by atoms with E-state index in [1.54, 1.807) is 6.07 Å². The average molecular weight is 263 g/mol. The molecule has 3 nitrogen and oxygen atoms in total. The highest BCUT2D eigenvalue weighted by Crippen LogP contribution is 2.26. The maximum atomic E-state index is 12.1. The molecular formula is C17H13NO2. The van der Waals surface area contributed by atoms with E-state index in [1.807, 2.05) is 42.5 Å². The number of hydrogen-bond acceptors (Lipinski definition) is 3. The smallest absolute Gasteiger partial charge is 0.210 e. The van der Waals surface area contributed by atoms with E-state index in [-0.39, 0.29) is 11.5 Å². The molecule has 0 aliphatic carbocycles. The van der Waals surface area contributed by atoms with Crippen molar-refractivity contribution in [1.29, 1.82) is 0 Å². The molecule has 0 heterocycles. The van der Waals surface area contributed by atoms with E-state index < -0.39 is 0 Å². The van der Waals surface area contributed by atoms with Crippen LogP contribution in [0.2, 0.25) is 0 Å². The Kier molecular flexibility index (Phi) is 2.95. The number of hydrogen-bond donors (Lipinski definition) is 1. The monoisotopic (exact) mass is 263 g/mol. The molecule has 3 rings (SSSR count). The number of carbonyl (C=O) groups excluding carboxylic acids is 1. The van der Waals surface area contributed by atoms with Crippen LogP contribution in [0.25, 0.3) is 21.5 Å². The SMILES string of the molecule is CC(=NO)C(=O)c1ccc2ccc3ccccc3c2c1. The summed E-state index contributed by atoms with van der Waals surface area (Å²) in [5, 5.41) is 16.0. The normalized spacial score (nSPS) is 11.9. The van der Waals surface area contributed by atoms with E-state index in [0.29, 0.717) is 5.56 Å². The number of benzene rings is 3. The van der Waals surface area contributed by atoms with Gasteiger partial charge in [0.1, 0.15) is 5.71 Å². The zero-order valence-corrected chi connectivity index (χ0v) is 11.0. The minimum Gasteiger partial charge on any atom is -0.411 e. The number of oxime groups is 1. The predicted octanol–water partition coefficient (Wildman–Crippen LogP) is 4.03. The summed E-state index contributed by atoms with van der Waals surface area (Å²) in [6.45, 7) is 1.50. The Labute approximate surface area is 116 Å². The summed E-state index contributed by atoms with van der Waals surface area (Å²) in [6, 6.07) is 17.7. The fourth-order valence-corrected chi connectivity index (χ4v) is 2.40. The van der Waals surface area contributed by atoms with Gasteiger partial charge in [0, 0.05) is 5.56 Å². The van der Waals surface area contributed by atoms with E-state index >= 15 is 0 Å². The fraction of sp³-hybridized carbons (Fsp3) is 0.0588. The summed E-state index contributed by atoms with van der Waals surface area (Å²) in [4.78, 5) is 12.1. The Morgan fingerprint density at radius 1 is 0.950 bits per heavy atom. The van der Waals surface area contributed by atoms with Crippen molar-refractivity contribution in [3.8, 4) is 0 Å². The molecule has 98 valence electrons. The Balaban J connectivity index is 2.29. The first-order valence-electron chi connectivity index (χ1n) is 6.35. The summed E-state index contributed by atoms with van der Waals surface area (Å²) in [6.07, 6.45) is 0. The maximum Gasteiger partial charge on any atom is 0.210 e. The van der Waals surface area contributed by atoms with Gasteiger partial charge in [-0.25, -0.2) is 0 Å². The quantitative estimate of drug-likeness (QED) is 0.249.